The van der Waals surface area contributed by atoms with Crippen molar-refractivity contribution in [1.29, 1.82) is 0 Å². The number of amides is 2. The van der Waals surface area contributed by atoms with Gasteiger partial charge in [-0.2, -0.15) is 0 Å². The number of hydrogen-bond donors (Lipinski definition) is 2. The molecule has 2 aliphatic rings. The van der Waals surface area contributed by atoms with Crippen LogP contribution in [0.5, 0.6) is 0 Å². The van der Waals surface area contributed by atoms with Gasteiger partial charge in [0.15, 0.2) is 0 Å². The molecule has 1 aromatic carbocycles. The molecule has 10 heteroatoms. The van der Waals surface area contributed by atoms with Gasteiger partial charge < -0.3 is 20.6 Å². The number of aliphatic hydroxyl groups is 1. The van der Waals surface area contributed by atoms with E-state index in [1.807, 2.05) is 36.1 Å². The number of aryl methyl sites for hydroxylation is 1. The van der Waals surface area contributed by atoms with Crippen LogP contribution in [0.3, 0.4) is 0 Å². The molecule has 2 atom stereocenters. The van der Waals surface area contributed by atoms with Crippen LogP contribution in [0.1, 0.15) is 11.1 Å². The van der Waals surface area contributed by atoms with E-state index in [0.29, 0.717) is 32.6 Å². The van der Waals surface area contributed by atoms with Gasteiger partial charge in [0, 0.05) is 37.5 Å². The van der Waals surface area contributed by atoms with Crippen molar-refractivity contribution >= 4 is 17.8 Å². The van der Waals surface area contributed by atoms with Gasteiger partial charge in [-0.1, -0.05) is 34.9 Å². The summed E-state index contributed by atoms with van der Waals surface area (Å²) in [5, 5.41) is 20.8. The Labute approximate surface area is 168 Å². The van der Waals surface area contributed by atoms with E-state index in [-0.39, 0.29) is 36.8 Å². The summed E-state index contributed by atoms with van der Waals surface area (Å²) < 4.78 is 1.25. The Kier molecular flexibility index (Phi) is 4.95. The second kappa shape index (κ2) is 7.43. The zero-order chi connectivity index (χ0) is 20.6. The fourth-order valence-electron chi connectivity index (χ4n) is 4.44. The van der Waals surface area contributed by atoms with Crippen LogP contribution >= 0.6 is 0 Å². The van der Waals surface area contributed by atoms with Gasteiger partial charge >= 0.3 is 0 Å². The fraction of sp³-hybridized carbons (Fsp3) is 0.526. The number of rotatable bonds is 5. The quantitative estimate of drug-likeness (QED) is 0.665. The normalized spacial score (nSPS) is 23.4. The van der Waals surface area contributed by atoms with Crippen LogP contribution in [0, 0.1) is 18.3 Å². The first-order valence-corrected chi connectivity index (χ1v) is 9.64. The molecule has 3 heterocycles. The minimum absolute atomic E-state index is 0.0386. The first-order chi connectivity index (χ1) is 13.9. The highest BCUT2D eigenvalue weighted by atomic mass is 16.3. The summed E-state index contributed by atoms with van der Waals surface area (Å²) in [5.41, 5.74) is 7.26. The van der Waals surface area contributed by atoms with Gasteiger partial charge in [0.1, 0.15) is 6.54 Å². The Morgan fingerprint density at radius 1 is 1.24 bits per heavy atom. The summed E-state index contributed by atoms with van der Waals surface area (Å²) in [6, 6.07) is 7.92. The van der Waals surface area contributed by atoms with Crippen LogP contribution in [0.15, 0.2) is 24.3 Å². The molecular formula is C19H25N7O3. The van der Waals surface area contributed by atoms with Crippen molar-refractivity contribution in [2.75, 3.05) is 38.5 Å². The number of aromatic nitrogens is 4. The lowest BCUT2D eigenvalue weighted by atomic mass is 9.82. The van der Waals surface area contributed by atoms with Crippen molar-refractivity contribution in [3.63, 3.8) is 0 Å². The molecule has 0 spiro atoms. The molecule has 2 fully saturated rings. The van der Waals surface area contributed by atoms with Gasteiger partial charge in [0.25, 0.3) is 0 Å². The maximum Gasteiger partial charge on any atom is 0.244 e. The van der Waals surface area contributed by atoms with Crippen molar-refractivity contribution in [3.05, 3.63) is 35.4 Å². The molecule has 0 radical (unpaired) electrons. The highest BCUT2D eigenvalue weighted by Gasteiger charge is 2.54. The zero-order valence-electron chi connectivity index (χ0n) is 16.4. The third-order valence-electron chi connectivity index (χ3n) is 6.06. The highest BCUT2D eigenvalue weighted by molar-refractivity contribution is 5.80. The molecule has 3 N–H and O–H groups in total. The number of aliphatic hydroxyl groups excluding tert-OH is 1. The third-order valence-corrected chi connectivity index (χ3v) is 6.06. The molecule has 1 aromatic heterocycles. The topological polar surface area (TPSA) is 130 Å². The zero-order valence-corrected chi connectivity index (χ0v) is 16.4. The van der Waals surface area contributed by atoms with E-state index in [9.17, 15) is 14.7 Å². The lowest BCUT2D eigenvalue weighted by molar-refractivity contribution is -0.132. The Morgan fingerprint density at radius 3 is 2.55 bits per heavy atom. The van der Waals surface area contributed by atoms with Crippen molar-refractivity contribution in [3.8, 4) is 0 Å². The van der Waals surface area contributed by atoms with Crippen LogP contribution in [-0.4, -0.2) is 79.7 Å². The van der Waals surface area contributed by atoms with E-state index in [0.717, 1.165) is 11.1 Å². The molecule has 2 saturated heterocycles. The number of nitrogen functional groups attached to an aromatic ring is 1. The molecule has 2 aromatic rings. The van der Waals surface area contributed by atoms with Gasteiger partial charge in [-0.25, -0.2) is 4.68 Å². The second-order valence-electron chi connectivity index (χ2n) is 8.13. The minimum atomic E-state index is -0.482. The Hall–Kier alpha value is -3.01. The average molecular weight is 399 g/mol. The Bertz CT molecular complexity index is 930. The predicted molar refractivity (Wildman–Crippen MR) is 103 cm³/mol. The van der Waals surface area contributed by atoms with Crippen molar-refractivity contribution < 1.29 is 14.7 Å². The molecular weight excluding hydrogens is 374 g/mol. The number of nitrogens with zero attached hydrogens (tertiary/aromatic N) is 6. The highest BCUT2D eigenvalue weighted by Crippen LogP contribution is 2.42. The van der Waals surface area contributed by atoms with Crippen LogP contribution in [0.25, 0.3) is 0 Å². The number of fused-ring (bicyclic) bond motifs is 1. The first kappa shape index (κ1) is 19.3. The van der Waals surface area contributed by atoms with Crippen LogP contribution in [-0.2, 0) is 22.6 Å². The number of carbonyl (C=O) groups excluding carboxylic acids is 2. The summed E-state index contributed by atoms with van der Waals surface area (Å²) >= 11 is 0. The van der Waals surface area contributed by atoms with Crippen molar-refractivity contribution in [2.24, 2.45) is 11.3 Å². The third kappa shape index (κ3) is 3.67. The predicted octanol–water partition coefficient (Wildman–Crippen LogP) is -0.914. The van der Waals surface area contributed by atoms with Gasteiger partial charge in [-0.3, -0.25) is 9.59 Å². The van der Waals surface area contributed by atoms with Gasteiger partial charge in [-0.15, -0.1) is 0 Å². The second-order valence-corrected chi connectivity index (χ2v) is 8.13. The summed E-state index contributed by atoms with van der Waals surface area (Å²) in [5.74, 6) is 0.0349. The standard InChI is InChI=1S/C19H25N7O3/c1-13-3-2-4-14(5-13)6-16(28)24-7-15-8-25(11-19(15,10-24)12-27)17(29)9-26-18(20)21-22-23-26/h2-5,15,27H,6-12H2,1H3,(H2,20,21,23)/t15-,19+/m1/s1. The van der Waals surface area contributed by atoms with E-state index in [1.165, 1.54) is 4.68 Å². The molecule has 2 aliphatic heterocycles. The minimum Gasteiger partial charge on any atom is -0.396 e. The molecule has 0 aliphatic carbocycles. The monoisotopic (exact) mass is 399 g/mol. The number of nitrogens with two attached hydrogens (primary N) is 1. The molecule has 29 heavy (non-hydrogen) atoms. The van der Waals surface area contributed by atoms with Crippen LogP contribution in [0.4, 0.5) is 5.95 Å². The smallest absolute Gasteiger partial charge is 0.244 e. The molecule has 154 valence electrons. The van der Waals surface area contributed by atoms with Crippen molar-refractivity contribution in [2.45, 2.75) is 19.9 Å². The van der Waals surface area contributed by atoms with Gasteiger partial charge in [0.05, 0.1) is 13.0 Å². The Morgan fingerprint density at radius 2 is 1.97 bits per heavy atom. The maximum absolute atomic E-state index is 12.8. The number of carbonyl (C=O) groups is 2. The lowest BCUT2D eigenvalue weighted by Gasteiger charge is -2.27. The number of anilines is 1. The average Bonchev–Trinajstić information content (AvgIpc) is 3.34. The summed E-state index contributed by atoms with van der Waals surface area (Å²) in [6.45, 7) is 3.80. The first-order valence-electron chi connectivity index (χ1n) is 9.64. The molecule has 0 unspecified atom stereocenters. The number of benzene rings is 1. The van der Waals surface area contributed by atoms with Crippen LogP contribution in [0.2, 0.25) is 0 Å². The number of likely N-dealkylation sites (tertiary alicyclic amines) is 2. The van der Waals surface area contributed by atoms with E-state index in [1.54, 1.807) is 4.90 Å². The van der Waals surface area contributed by atoms with Crippen LogP contribution < -0.4 is 5.73 Å². The SMILES string of the molecule is Cc1cccc(CC(=O)N2C[C@@H]3CN(C(=O)Cn4nnnc4N)C[C@]3(CO)C2)c1. The molecule has 0 bridgehead atoms. The number of tetrazole rings is 1. The molecule has 10 nitrogen and oxygen atoms in total. The van der Waals surface area contributed by atoms with Gasteiger partial charge in [0.2, 0.25) is 17.8 Å². The molecule has 2 amide bonds. The maximum atomic E-state index is 12.8. The van der Waals surface area contributed by atoms with Crippen molar-refractivity contribution in [1.82, 2.24) is 30.0 Å². The largest absolute Gasteiger partial charge is 0.396 e. The summed E-state index contributed by atoms with van der Waals surface area (Å²) in [7, 11) is 0. The lowest BCUT2D eigenvalue weighted by Crippen LogP contribution is -2.41. The fourth-order valence-corrected chi connectivity index (χ4v) is 4.44. The Balaban J connectivity index is 1.40. The number of hydrogen-bond acceptors (Lipinski definition) is 7. The molecule has 0 saturated carbocycles. The van der Waals surface area contributed by atoms with E-state index in [4.69, 9.17) is 5.73 Å². The van der Waals surface area contributed by atoms with Gasteiger partial charge in [-0.05, 0) is 22.9 Å². The summed E-state index contributed by atoms with van der Waals surface area (Å²) in [6.07, 6.45) is 0.344. The molecule has 4 rings (SSSR count). The van der Waals surface area contributed by atoms with E-state index < -0.39 is 5.41 Å². The summed E-state index contributed by atoms with van der Waals surface area (Å²) in [4.78, 5) is 29.0. The van der Waals surface area contributed by atoms with E-state index >= 15 is 0 Å². The van der Waals surface area contributed by atoms with E-state index in [2.05, 4.69) is 15.5 Å².